The van der Waals surface area contributed by atoms with E-state index in [4.69, 9.17) is 0 Å². The van der Waals surface area contributed by atoms with Crippen molar-refractivity contribution in [2.75, 3.05) is 0 Å². The molecule has 1 amide bonds. The molecule has 2 aliphatic rings. The number of aliphatic imine (C=N–C) groups is 1. The highest BCUT2D eigenvalue weighted by Crippen LogP contribution is 2.37. The van der Waals surface area contributed by atoms with Crippen molar-refractivity contribution < 1.29 is 26.4 Å². The Labute approximate surface area is 174 Å². The highest BCUT2D eigenvalue weighted by molar-refractivity contribution is 7.90. The Balaban J connectivity index is 1.78. The molecular weight excluding hydrogens is 419 g/mol. The highest BCUT2D eigenvalue weighted by Gasteiger charge is 2.42. The number of nitrogens with one attached hydrogen (secondary N) is 2. The Bertz CT molecular complexity index is 915. The van der Waals surface area contributed by atoms with Gasteiger partial charge in [-0.05, 0) is 37.8 Å². The molecule has 3 atom stereocenters. The molecule has 0 aromatic heterocycles. The molecule has 1 heterocycles. The first-order chi connectivity index (χ1) is 14.1. The highest BCUT2D eigenvalue weighted by atomic mass is 32.2. The molecule has 2 N–H and O–H groups in total. The minimum absolute atomic E-state index is 0.0794. The molecule has 0 saturated heterocycles. The number of amides is 1. The van der Waals surface area contributed by atoms with E-state index in [2.05, 4.69) is 15.0 Å². The first-order valence-electron chi connectivity index (χ1n) is 10.2. The van der Waals surface area contributed by atoms with Crippen LogP contribution in [0.3, 0.4) is 0 Å². The Morgan fingerprint density at radius 2 is 2.03 bits per heavy atom. The molecule has 3 rings (SSSR count). The number of alkyl halides is 3. The second-order valence-electron chi connectivity index (χ2n) is 7.85. The summed E-state index contributed by atoms with van der Waals surface area (Å²) in [6.07, 6.45) is -1.57. The van der Waals surface area contributed by atoms with Crippen molar-refractivity contribution in [1.29, 1.82) is 0 Å². The van der Waals surface area contributed by atoms with E-state index in [0.717, 1.165) is 6.42 Å². The molecule has 30 heavy (non-hydrogen) atoms. The first kappa shape index (κ1) is 22.6. The number of carbonyl (C=O) groups excluding carboxylic acids is 1. The van der Waals surface area contributed by atoms with Gasteiger partial charge >= 0.3 is 6.18 Å². The van der Waals surface area contributed by atoms with E-state index in [1.807, 2.05) is 6.92 Å². The van der Waals surface area contributed by atoms with E-state index in [-0.39, 0.29) is 23.6 Å². The van der Waals surface area contributed by atoms with Crippen molar-refractivity contribution in [2.45, 2.75) is 75.0 Å². The van der Waals surface area contributed by atoms with Gasteiger partial charge in [-0.15, -0.1) is 0 Å². The fourth-order valence-electron chi connectivity index (χ4n) is 3.95. The third-order valence-electron chi connectivity index (χ3n) is 5.56. The minimum atomic E-state index is -4.27. The van der Waals surface area contributed by atoms with Crippen molar-refractivity contribution in [2.24, 2.45) is 10.9 Å². The molecule has 6 nitrogen and oxygen atoms in total. The van der Waals surface area contributed by atoms with Crippen LogP contribution in [0.4, 0.5) is 13.2 Å². The van der Waals surface area contributed by atoms with E-state index < -0.39 is 40.1 Å². The summed E-state index contributed by atoms with van der Waals surface area (Å²) in [6.45, 7) is 1.95. The summed E-state index contributed by atoms with van der Waals surface area (Å²) < 4.78 is 66.1. The molecule has 0 bridgehead atoms. The molecule has 0 spiro atoms. The van der Waals surface area contributed by atoms with Gasteiger partial charge in [0.05, 0.1) is 10.8 Å². The van der Waals surface area contributed by atoms with Crippen LogP contribution in [-0.4, -0.2) is 38.4 Å². The number of fused-ring (bicyclic) bond motifs is 1. The van der Waals surface area contributed by atoms with Crippen molar-refractivity contribution in [1.82, 2.24) is 10.0 Å². The monoisotopic (exact) mass is 445 g/mol. The van der Waals surface area contributed by atoms with Gasteiger partial charge in [0, 0.05) is 11.6 Å². The lowest BCUT2D eigenvalue weighted by atomic mass is 9.85. The number of amidine groups is 1. The Morgan fingerprint density at radius 1 is 1.30 bits per heavy atom. The van der Waals surface area contributed by atoms with Crippen molar-refractivity contribution >= 4 is 21.8 Å². The predicted molar refractivity (Wildman–Crippen MR) is 107 cm³/mol. The molecule has 1 aromatic rings. The van der Waals surface area contributed by atoms with Gasteiger partial charge in [0.1, 0.15) is 11.9 Å². The summed E-state index contributed by atoms with van der Waals surface area (Å²) in [4.78, 5) is 17.3. The van der Waals surface area contributed by atoms with E-state index >= 15 is 0 Å². The summed E-state index contributed by atoms with van der Waals surface area (Å²) in [5, 5.41) is 2.73. The van der Waals surface area contributed by atoms with Crippen molar-refractivity contribution in [3.05, 3.63) is 29.8 Å². The van der Waals surface area contributed by atoms with Gasteiger partial charge in [0.25, 0.3) is 10.0 Å². The molecule has 0 radical (unpaired) electrons. The number of halogens is 3. The van der Waals surface area contributed by atoms with E-state index in [1.54, 1.807) is 18.2 Å². The number of unbranched alkanes of at least 4 members (excludes halogenated alkanes) is 1. The largest absolute Gasteiger partial charge is 0.391 e. The zero-order valence-electron chi connectivity index (χ0n) is 16.7. The van der Waals surface area contributed by atoms with Gasteiger partial charge in [-0.1, -0.05) is 38.3 Å². The zero-order chi connectivity index (χ0) is 21.9. The third kappa shape index (κ3) is 5.14. The molecular formula is C20H26F3N3O3S. The Morgan fingerprint density at radius 3 is 2.73 bits per heavy atom. The lowest BCUT2D eigenvalue weighted by Crippen LogP contribution is -2.45. The summed E-state index contributed by atoms with van der Waals surface area (Å²) in [6, 6.07) is 4.91. The third-order valence-corrected chi connectivity index (χ3v) is 6.96. The lowest BCUT2D eigenvalue weighted by Gasteiger charge is -2.31. The summed E-state index contributed by atoms with van der Waals surface area (Å²) >= 11 is 0. The Kier molecular flexibility index (Phi) is 6.74. The lowest BCUT2D eigenvalue weighted by molar-refractivity contribution is -0.184. The number of sulfonamides is 1. The van der Waals surface area contributed by atoms with Gasteiger partial charge < -0.3 is 5.32 Å². The molecule has 3 unspecified atom stereocenters. The summed E-state index contributed by atoms with van der Waals surface area (Å²) in [7, 11) is -3.73. The van der Waals surface area contributed by atoms with Crippen LogP contribution in [0.1, 0.15) is 57.4 Å². The number of hydrogen-bond donors (Lipinski definition) is 2. The quantitative estimate of drug-likeness (QED) is 0.702. The van der Waals surface area contributed by atoms with Crippen LogP contribution in [0, 0.1) is 5.92 Å². The number of rotatable bonds is 6. The molecule has 1 saturated carbocycles. The Hall–Kier alpha value is -2.10. The second-order valence-corrected chi connectivity index (χ2v) is 9.50. The van der Waals surface area contributed by atoms with Crippen LogP contribution in [0.2, 0.25) is 0 Å². The van der Waals surface area contributed by atoms with Crippen LogP contribution >= 0.6 is 0 Å². The van der Waals surface area contributed by atoms with Crippen molar-refractivity contribution in [3.8, 4) is 0 Å². The van der Waals surface area contributed by atoms with E-state index in [9.17, 15) is 26.4 Å². The topological polar surface area (TPSA) is 87.6 Å². The zero-order valence-corrected chi connectivity index (χ0v) is 17.5. The number of carbonyl (C=O) groups is 1. The van der Waals surface area contributed by atoms with E-state index in [1.165, 1.54) is 6.07 Å². The maximum absolute atomic E-state index is 13.1. The van der Waals surface area contributed by atoms with Gasteiger partial charge in [-0.2, -0.15) is 13.2 Å². The van der Waals surface area contributed by atoms with Gasteiger partial charge in [0.2, 0.25) is 5.91 Å². The van der Waals surface area contributed by atoms with Gasteiger partial charge in [0.15, 0.2) is 0 Å². The van der Waals surface area contributed by atoms with Crippen LogP contribution in [0.15, 0.2) is 34.2 Å². The van der Waals surface area contributed by atoms with Crippen LogP contribution in [-0.2, 0) is 14.8 Å². The number of nitrogens with zero attached hydrogens (tertiary/aromatic N) is 1. The van der Waals surface area contributed by atoms with Crippen molar-refractivity contribution in [3.63, 3.8) is 0 Å². The average molecular weight is 446 g/mol. The normalized spacial score (nSPS) is 25.4. The average Bonchev–Trinajstić information content (AvgIpc) is 2.95. The smallest absolute Gasteiger partial charge is 0.351 e. The molecule has 10 heteroatoms. The molecule has 1 aromatic carbocycles. The van der Waals surface area contributed by atoms with Gasteiger partial charge in [-0.3, -0.25) is 14.5 Å². The van der Waals surface area contributed by atoms with Gasteiger partial charge in [-0.25, -0.2) is 8.42 Å². The number of benzene rings is 1. The standard InChI is InChI=1S/C20H26F3N3O3S/c1-2-3-10-16(19(27)24-14-8-6-7-13(12-14)20(21,22)23)25-18-15-9-4-5-11-17(15)30(28,29)26-18/h4-5,9,11,13-14,16H,2-3,6-8,10,12H2,1H3,(H,24,27)(H,25,26). The molecule has 166 valence electrons. The van der Waals surface area contributed by atoms with Crippen LogP contribution < -0.4 is 10.0 Å². The summed E-state index contributed by atoms with van der Waals surface area (Å²) in [5.41, 5.74) is 0.390. The fourth-order valence-corrected chi connectivity index (χ4v) is 5.19. The SMILES string of the molecule is CCCCC(N=C1NS(=O)(=O)c2ccccc21)C(=O)NC1CCCC(C(F)(F)F)C1. The van der Waals surface area contributed by atoms with Crippen LogP contribution in [0.5, 0.6) is 0 Å². The fraction of sp³-hybridized carbons (Fsp3) is 0.600. The molecule has 1 aliphatic carbocycles. The van der Waals surface area contributed by atoms with E-state index in [0.29, 0.717) is 31.2 Å². The maximum Gasteiger partial charge on any atom is 0.391 e. The predicted octanol–water partition coefficient (Wildman–Crippen LogP) is 3.52. The second kappa shape index (κ2) is 8.95. The minimum Gasteiger partial charge on any atom is -0.351 e. The summed E-state index contributed by atoms with van der Waals surface area (Å²) in [5.74, 6) is -1.78. The van der Waals surface area contributed by atoms with Crippen LogP contribution in [0.25, 0.3) is 0 Å². The molecule has 1 fully saturated rings. The number of hydrogen-bond acceptors (Lipinski definition) is 4. The molecule has 1 aliphatic heterocycles. The maximum atomic E-state index is 13.1. The first-order valence-corrected chi connectivity index (χ1v) is 11.7.